The molecule has 0 saturated carbocycles. The number of hydrogen-bond donors (Lipinski definition) is 0. The monoisotopic (exact) mass is 250 g/mol. The van der Waals surface area contributed by atoms with Crippen LogP contribution in [0.2, 0.25) is 5.02 Å². The van der Waals surface area contributed by atoms with Gasteiger partial charge in [0.05, 0.1) is 5.02 Å². The first kappa shape index (κ1) is 12.1. The van der Waals surface area contributed by atoms with Gasteiger partial charge in [0, 0.05) is 36.8 Å². The Kier molecular flexibility index (Phi) is 3.20. The zero-order valence-corrected chi connectivity index (χ0v) is 11.0. The maximum Gasteiger partial charge on any atom is 0.165 e. The van der Waals surface area contributed by atoms with Crippen LogP contribution in [0.3, 0.4) is 0 Å². The second-order valence-corrected chi connectivity index (χ2v) is 5.14. The van der Waals surface area contributed by atoms with Gasteiger partial charge in [-0.3, -0.25) is 4.79 Å². The van der Waals surface area contributed by atoms with Crippen molar-refractivity contribution < 1.29 is 4.79 Å². The number of rotatable bonds is 3. The number of pyridine rings is 1. The summed E-state index contributed by atoms with van der Waals surface area (Å²) in [5.41, 5.74) is 1.51. The van der Waals surface area contributed by atoms with E-state index in [9.17, 15) is 4.79 Å². The number of fused-ring (bicyclic) bond motifs is 1. The molecular formula is C13H15ClN2O. The van der Waals surface area contributed by atoms with Gasteiger partial charge in [-0.1, -0.05) is 25.4 Å². The fourth-order valence-corrected chi connectivity index (χ4v) is 2.10. The first-order valence-corrected chi connectivity index (χ1v) is 6.00. The summed E-state index contributed by atoms with van der Waals surface area (Å²) in [6.45, 7) is 4.07. The number of hydrogen-bond acceptors (Lipinski definition) is 2. The molecule has 90 valence electrons. The number of nitrogens with zero attached hydrogens (tertiary/aromatic N) is 2. The summed E-state index contributed by atoms with van der Waals surface area (Å²) in [4.78, 5) is 16.4. The number of aromatic nitrogens is 2. The molecule has 0 aliphatic heterocycles. The van der Waals surface area contributed by atoms with Crippen LogP contribution in [0, 0.1) is 5.92 Å². The highest BCUT2D eigenvalue weighted by Crippen LogP contribution is 2.24. The van der Waals surface area contributed by atoms with Gasteiger partial charge in [-0.15, -0.1) is 0 Å². The Morgan fingerprint density at radius 1 is 1.53 bits per heavy atom. The lowest BCUT2D eigenvalue weighted by molar-refractivity contribution is 0.0969. The highest BCUT2D eigenvalue weighted by molar-refractivity contribution is 6.31. The standard InChI is InChI=1S/C13H15ClN2O/c1-8(2)4-12(17)11-7-16(3)13-10(11)5-9(14)6-15-13/h5-8H,4H2,1-3H3. The summed E-state index contributed by atoms with van der Waals surface area (Å²) in [6.07, 6.45) is 3.98. The lowest BCUT2D eigenvalue weighted by atomic mass is 10.0. The van der Waals surface area contributed by atoms with Crippen LogP contribution in [-0.4, -0.2) is 15.3 Å². The van der Waals surface area contributed by atoms with Gasteiger partial charge in [-0.05, 0) is 12.0 Å². The minimum atomic E-state index is 0.148. The topological polar surface area (TPSA) is 34.9 Å². The fourth-order valence-electron chi connectivity index (χ4n) is 1.94. The Bertz CT molecular complexity index is 572. The van der Waals surface area contributed by atoms with Crippen molar-refractivity contribution >= 4 is 28.4 Å². The average molecular weight is 251 g/mol. The molecule has 0 bridgehead atoms. The molecule has 0 N–H and O–H groups in total. The van der Waals surface area contributed by atoms with Crippen LogP contribution in [0.15, 0.2) is 18.5 Å². The summed E-state index contributed by atoms with van der Waals surface area (Å²) < 4.78 is 1.86. The summed E-state index contributed by atoms with van der Waals surface area (Å²) in [5, 5.41) is 1.40. The molecule has 0 radical (unpaired) electrons. The molecular weight excluding hydrogens is 236 g/mol. The van der Waals surface area contributed by atoms with E-state index in [-0.39, 0.29) is 5.78 Å². The third-order valence-corrected chi connectivity index (χ3v) is 2.88. The van der Waals surface area contributed by atoms with Gasteiger partial charge in [-0.2, -0.15) is 0 Å². The summed E-state index contributed by atoms with van der Waals surface area (Å²) >= 11 is 5.93. The Hall–Kier alpha value is -1.35. The van der Waals surface area contributed by atoms with Crippen molar-refractivity contribution in [3.63, 3.8) is 0 Å². The largest absolute Gasteiger partial charge is 0.335 e. The van der Waals surface area contributed by atoms with Gasteiger partial charge >= 0.3 is 0 Å². The van der Waals surface area contributed by atoms with E-state index in [1.165, 1.54) is 0 Å². The smallest absolute Gasteiger partial charge is 0.165 e. The van der Waals surface area contributed by atoms with Crippen LogP contribution in [0.25, 0.3) is 11.0 Å². The van der Waals surface area contributed by atoms with E-state index in [2.05, 4.69) is 4.98 Å². The molecule has 0 unspecified atom stereocenters. The predicted molar refractivity (Wildman–Crippen MR) is 69.5 cm³/mol. The van der Waals surface area contributed by atoms with Crippen molar-refractivity contribution in [2.45, 2.75) is 20.3 Å². The van der Waals surface area contributed by atoms with Crippen molar-refractivity contribution in [1.29, 1.82) is 0 Å². The normalized spacial score (nSPS) is 11.4. The molecule has 0 aliphatic carbocycles. The number of ketones is 1. The Labute approximate surface area is 105 Å². The molecule has 3 nitrogen and oxygen atoms in total. The molecule has 0 spiro atoms. The van der Waals surface area contributed by atoms with E-state index in [1.807, 2.05) is 31.7 Å². The van der Waals surface area contributed by atoms with Gasteiger partial charge in [0.25, 0.3) is 0 Å². The number of halogens is 1. The molecule has 2 aromatic heterocycles. The Balaban J connectivity index is 2.54. The van der Waals surface area contributed by atoms with Crippen molar-refractivity contribution in [1.82, 2.24) is 9.55 Å². The van der Waals surface area contributed by atoms with Gasteiger partial charge in [0.2, 0.25) is 0 Å². The third-order valence-electron chi connectivity index (χ3n) is 2.67. The highest BCUT2D eigenvalue weighted by Gasteiger charge is 2.15. The van der Waals surface area contributed by atoms with E-state index in [4.69, 9.17) is 11.6 Å². The molecule has 0 fully saturated rings. The molecule has 2 rings (SSSR count). The van der Waals surface area contributed by atoms with Crippen molar-refractivity contribution in [3.05, 3.63) is 29.0 Å². The Morgan fingerprint density at radius 3 is 2.88 bits per heavy atom. The van der Waals surface area contributed by atoms with Gasteiger partial charge < -0.3 is 4.57 Å². The number of Topliss-reactive ketones (excluding diaryl/α,β-unsaturated/α-hetero) is 1. The first-order chi connectivity index (χ1) is 7.99. The SMILES string of the molecule is CC(C)CC(=O)c1cn(C)c2ncc(Cl)cc12. The summed E-state index contributed by atoms with van der Waals surface area (Å²) in [5.74, 6) is 0.500. The molecule has 0 saturated heterocycles. The van der Waals surface area contributed by atoms with E-state index >= 15 is 0 Å². The van der Waals surface area contributed by atoms with E-state index in [0.29, 0.717) is 22.9 Å². The molecule has 0 atom stereocenters. The number of carbonyl (C=O) groups is 1. The Morgan fingerprint density at radius 2 is 2.24 bits per heavy atom. The highest BCUT2D eigenvalue weighted by atomic mass is 35.5. The summed E-state index contributed by atoms with van der Waals surface area (Å²) in [6, 6.07) is 1.80. The van der Waals surface area contributed by atoms with Crippen LogP contribution < -0.4 is 0 Å². The molecule has 2 aromatic rings. The van der Waals surface area contributed by atoms with Crippen LogP contribution in [0.5, 0.6) is 0 Å². The summed E-state index contributed by atoms with van der Waals surface area (Å²) in [7, 11) is 1.88. The molecule has 17 heavy (non-hydrogen) atoms. The maximum atomic E-state index is 12.1. The lowest BCUT2D eigenvalue weighted by Gasteiger charge is -2.02. The second kappa shape index (κ2) is 4.49. The van der Waals surface area contributed by atoms with E-state index in [0.717, 1.165) is 11.0 Å². The third kappa shape index (κ3) is 2.34. The molecule has 0 aromatic carbocycles. The minimum Gasteiger partial charge on any atom is -0.335 e. The minimum absolute atomic E-state index is 0.148. The van der Waals surface area contributed by atoms with Gasteiger partial charge in [0.15, 0.2) is 5.78 Å². The van der Waals surface area contributed by atoms with Gasteiger partial charge in [-0.25, -0.2) is 4.98 Å². The van der Waals surface area contributed by atoms with Crippen LogP contribution in [-0.2, 0) is 7.05 Å². The first-order valence-electron chi connectivity index (χ1n) is 5.63. The van der Waals surface area contributed by atoms with E-state index in [1.54, 1.807) is 12.3 Å². The molecule has 0 amide bonds. The van der Waals surface area contributed by atoms with Crippen molar-refractivity contribution in [2.75, 3.05) is 0 Å². The van der Waals surface area contributed by atoms with Crippen LogP contribution in [0.4, 0.5) is 0 Å². The zero-order chi connectivity index (χ0) is 12.6. The lowest BCUT2D eigenvalue weighted by Crippen LogP contribution is -2.02. The fraction of sp³-hybridized carbons (Fsp3) is 0.385. The number of carbonyl (C=O) groups excluding carboxylic acids is 1. The van der Waals surface area contributed by atoms with Crippen LogP contribution in [0.1, 0.15) is 30.6 Å². The van der Waals surface area contributed by atoms with E-state index < -0.39 is 0 Å². The average Bonchev–Trinajstić information content (AvgIpc) is 2.54. The quantitative estimate of drug-likeness (QED) is 0.782. The zero-order valence-electron chi connectivity index (χ0n) is 10.2. The molecule has 2 heterocycles. The molecule has 0 aliphatic rings. The van der Waals surface area contributed by atoms with Gasteiger partial charge in [0.1, 0.15) is 5.65 Å². The number of aryl methyl sites for hydroxylation is 1. The predicted octanol–water partition coefficient (Wildman–Crippen LogP) is 3.46. The maximum absolute atomic E-state index is 12.1. The van der Waals surface area contributed by atoms with Crippen molar-refractivity contribution in [2.24, 2.45) is 13.0 Å². The van der Waals surface area contributed by atoms with Crippen LogP contribution >= 0.6 is 11.6 Å². The van der Waals surface area contributed by atoms with Crippen molar-refractivity contribution in [3.8, 4) is 0 Å². The molecule has 4 heteroatoms. The second-order valence-electron chi connectivity index (χ2n) is 4.70.